The van der Waals surface area contributed by atoms with Gasteiger partial charge >= 0.3 is 0 Å². The van der Waals surface area contributed by atoms with E-state index in [1.54, 1.807) is 0 Å². The van der Waals surface area contributed by atoms with Gasteiger partial charge in [0, 0.05) is 44.8 Å². The minimum Gasteiger partial charge on any atom is -0.373 e. The first-order valence-electron chi connectivity index (χ1n) is 12.9. The number of hydrogen-bond donors (Lipinski definition) is 0. The zero-order valence-electron chi connectivity index (χ0n) is 20.2. The Morgan fingerprint density at radius 3 is 2.45 bits per heavy atom. The third-order valence-electron chi connectivity index (χ3n) is 7.52. The van der Waals surface area contributed by atoms with Gasteiger partial charge < -0.3 is 14.2 Å². The number of imidazole rings is 1. The van der Waals surface area contributed by atoms with Gasteiger partial charge in [0.25, 0.3) is 5.91 Å². The molecule has 5 rings (SSSR count). The van der Waals surface area contributed by atoms with Gasteiger partial charge in [-0.1, -0.05) is 36.8 Å². The van der Waals surface area contributed by atoms with Crippen LogP contribution in [0.5, 0.6) is 0 Å². The highest BCUT2D eigenvalue weighted by atomic mass is 16.5. The molecule has 3 aliphatic heterocycles. The average molecular weight is 451 g/mol. The maximum Gasteiger partial charge on any atom is 0.274 e. The van der Waals surface area contributed by atoms with Gasteiger partial charge in [-0.05, 0) is 51.9 Å². The number of hydrogen-bond acceptors (Lipinski definition) is 4. The quantitative estimate of drug-likeness (QED) is 0.699. The van der Waals surface area contributed by atoms with Crippen molar-refractivity contribution in [2.24, 2.45) is 5.92 Å². The number of rotatable bonds is 4. The predicted molar refractivity (Wildman–Crippen MR) is 130 cm³/mol. The fourth-order valence-electron chi connectivity index (χ4n) is 5.97. The van der Waals surface area contributed by atoms with Crippen LogP contribution in [0.25, 0.3) is 11.4 Å². The first-order chi connectivity index (χ1) is 16.1. The topological polar surface area (TPSA) is 50.6 Å². The number of fused-ring (bicyclic) bond motifs is 1. The number of nitrogens with zero attached hydrogens (tertiary/aromatic N) is 4. The Kier molecular flexibility index (Phi) is 6.84. The van der Waals surface area contributed by atoms with Gasteiger partial charge in [-0.2, -0.15) is 0 Å². The number of benzene rings is 1. The molecule has 2 saturated heterocycles. The Morgan fingerprint density at radius 1 is 1.00 bits per heavy atom. The summed E-state index contributed by atoms with van der Waals surface area (Å²) in [6.07, 6.45) is 7.23. The molecular formula is C27H38N4O2. The lowest BCUT2D eigenvalue weighted by atomic mass is 9.95. The summed E-state index contributed by atoms with van der Waals surface area (Å²) < 4.78 is 8.21. The van der Waals surface area contributed by atoms with E-state index in [0.29, 0.717) is 23.8 Å². The van der Waals surface area contributed by atoms with Crippen LogP contribution in [0.1, 0.15) is 62.1 Å². The highest BCUT2D eigenvalue weighted by Crippen LogP contribution is 2.29. The zero-order valence-corrected chi connectivity index (χ0v) is 20.2. The van der Waals surface area contributed by atoms with E-state index in [2.05, 4.69) is 52.5 Å². The van der Waals surface area contributed by atoms with Gasteiger partial charge in [0.2, 0.25) is 0 Å². The SMILES string of the molecule is CC1CN(CC2CCN(C(=O)c3nc(-c4ccccc4)n4c3CCCCC4)CC2)CC(C)O1. The fourth-order valence-corrected chi connectivity index (χ4v) is 5.97. The van der Waals surface area contributed by atoms with Crippen LogP contribution in [0, 0.1) is 5.92 Å². The molecule has 4 heterocycles. The van der Waals surface area contributed by atoms with Crippen LogP contribution in [0.2, 0.25) is 0 Å². The molecule has 2 fully saturated rings. The van der Waals surface area contributed by atoms with Crippen molar-refractivity contribution in [1.82, 2.24) is 19.4 Å². The van der Waals surface area contributed by atoms with Gasteiger partial charge in [-0.3, -0.25) is 9.69 Å². The summed E-state index contributed by atoms with van der Waals surface area (Å²) in [5.41, 5.74) is 2.95. The molecule has 6 heteroatoms. The van der Waals surface area contributed by atoms with Crippen molar-refractivity contribution >= 4 is 5.91 Å². The smallest absolute Gasteiger partial charge is 0.274 e. The number of aromatic nitrogens is 2. The number of amides is 1. The molecule has 1 aromatic heterocycles. The number of piperidine rings is 1. The zero-order chi connectivity index (χ0) is 22.8. The maximum atomic E-state index is 13.6. The summed E-state index contributed by atoms with van der Waals surface area (Å²) in [6, 6.07) is 10.3. The van der Waals surface area contributed by atoms with Crippen LogP contribution >= 0.6 is 0 Å². The summed E-state index contributed by atoms with van der Waals surface area (Å²) in [6.45, 7) is 10.1. The third-order valence-corrected chi connectivity index (χ3v) is 7.52. The summed E-state index contributed by atoms with van der Waals surface area (Å²) in [4.78, 5) is 23.2. The first-order valence-corrected chi connectivity index (χ1v) is 12.9. The van der Waals surface area contributed by atoms with Crippen LogP contribution in [0.4, 0.5) is 0 Å². The van der Waals surface area contributed by atoms with Crippen LogP contribution in [-0.4, -0.2) is 70.2 Å². The Hall–Kier alpha value is -2.18. The van der Waals surface area contributed by atoms with Crippen molar-refractivity contribution in [2.75, 3.05) is 32.7 Å². The number of morpholine rings is 1. The molecule has 2 atom stereocenters. The lowest BCUT2D eigenvalue weighted by Gasteiger charge is -2.39. The minimum atomic E-state index is 0.134. The van der Waals surface area contributed by atoms with E-state index in [-0.39, 0.29) is 5.91 Å². The van der Waals surface area contributed by atoms with Gasteiger partial charge in [-0.15, -0.1) is 0 Å². The number of likely N-dealkylation sites (tertiary alicyclic amines) is 1. The monoisotopic (exact) mass is 450 g/mol. The first kappa shape index (κ1) is 22.6. The lowest BCUT2D eigenvalue weighted by molar-refractivity contribution is -0.0728. The molecule has 0 bridgehead atoms. The highest BCUT2D eigenvalue weighted by molar-refractivity contribution is 5.94. The molecular weight excluding hydrogens is 412 g/mol. The summed E-state index contributed by atoms with van der Waals surface area (Å²) in [7, 11) is 0. The summed E-state index contributed by atoms with van der Waals surface area (Å²) in [5, 5.41) is 0. The largest absolute Gasteiger partial charge is 0.373 e. The molecule has 178 valence electrons. The molecule has 1 amide bonds. The van der Waals surface area contributed by atoms with E-state index in [1.165, 1.54) is 6.42 Å². The molecule has 3 aliphatic rings. The van der Waals surface area contributed by atoms with Gasteiger partial charge in [-0.25, -0.2) is 4.98 Å². The standard InChI is InChI=1S/C27H38N4O2/c1-20-17-29(18-21(2)33-20)19-22-12-15-30(16-13-22)27(32)25-24-11-7-4-8-14-31(24)26(28-25)23-9-5-3-6-10-23/h3,5-6,9-10,20-22H,4,7-8,11-19H2,1-2H3. The third kappa shape index (κ3) is 5.02. The molecule has 6 nitrogen and oxygen atoms in total. The van der Waals surface area contributed by atoms with Crippen molar-refractivity contribution < 1.29 is 9.53 Å². The second-order valence-electron chi connectivity index (χ2n) is 10.3. The van der Waals surface area contributed by atoms with Crippen molar-refractivity contribution in [3.63, 3.8) is 0 Å². The fraction of sp³-hybridized carbons (Fsp3) is 0.630. The molecule has 33 heavy (non-hydrogen) atoms. The van der Waals surface area contributed by atoms with E-state index < -0.39 is 0 Å². The molecule has 0 radical (unpaired) electrons. The van der Waals surface area contributed by atoms with Gasteiger partial charge in [0.1, 0.15) is 11.5 Å². The van der Waals surface area contributed by atoms with E-state index in [0.717, 1.165) is 88.5 Å². The summed E-state index contributed by atoms with van der Waals surface area (Å²) in [5.74, 6) is 1.75. The van der Waals surface area contributed by atoms with Crippen molar-refractivity contribution in [3.05, 3.63) is 41.7 Å². The predicted octanol–water partition coefficient (Wildman–Crippen LogP) is 4.24. The Labute approximate surface area is 197 Å². The number of ether oxygens (including phenoxy) is 1. The van der Waals surface area contributed by atoms with Gasteiger partial charge in [0.05, 0.1) is 17.9 Å². The molecule has 0 aliphatic carbocycles. The Balaban J connectivity index is 1.28. The Bertz CT molecular complexity index is 939. The number of carbonyl (C=O) groups excluding carboxylic acids is 1. The molecule has 0 saturated carbocycles. The molecule has 1 aromatic carbocycles. The normalized spacial score (nSPS) is 25.0. The maximum absolute atomic E-state index is 13.6. The Morgan fingerprint density at radius 2 is 1.73 bits per heavy atom. The van der Waals surface area contributed by atoms with Crippen LogP contribution in [-0.2, 0) is 17.7 Å². The van der Waals surface area contributed by atoms with Crippen LogP contribution in [0.3, 0.4) is 0 Å². The van der Waals surface area contributed by atoms with Crippen LogP contribution in [0.15, 0.2) is 30.3 Å². The van der Waals surface area contributed by atoms with Crippen LogP contribution < -0.4 is 0 Å². The minimum absolute atomic E-state index is 0.134. The number of carbonyl (C=O) groups is 1. The molecule has 0 N–H and O–H groups in total. The van der Waals surface area contributed by atoms with Crippen molar-refractivity contribution in [1.29, 1.82) is 0 Å². The summed E-state index contributed by atoms with van der Waals surface area (Å²) >= 11 is 0. The average Bonchev–Trinajstić information content (AvgIpc) is 3.00. The lowest BCUT2D eigenvalue weighted by Crippen LogP contribution is -2.48. The van der Waals surface area contributed by atoms with Crippen molar-refractivity contribution in [2.45, 2.75) is 71.1 Å². The second kappa shape index (κ2) is 9.98. The van der Waals surface area contributed by atoms with E-state index in [4.69, 9.17) is 9.72 Å². The second-order valence-corrected chi connectivity index (χ2v) is 10.3. The highest BCUT2D eigenvalue weighted by Gasteiger charge is 2.31. The molecule has 2 aromatic rings. The van der Waals surface area contributed by atoms with E-state index in [9.17, 15) is 4.79 Å². The van der Waals surface area contributed by atoms with Gasteiger partial charge in [0.15, 0.2) is 0 Å². The molecule has 2 unspecified atom stereocenters. The van der Waals surface area contributed by atoms with E-state index in [1.807, 2.05) is 6.07 Å². The van der Waals surface area contributed by atoms with E-state index >= 15 is 0 Å². The molecule has 0 spiro atoms. The van der Waals surface area contributed by atoms with Crippen molar-refractivity contribution in [3.8, 4) is 11.4 Å².